The van der Waals surface area contributed by atoms with Crippen LogP contribution in [0.4, 0.5) is 0 Å². The molecule has 5 nitrogen and oxygen atoms in total. The molecule has 0 aromatic heterocycles. The van der Waals surface area contributed by atoms with Crippen molar-refractivity contribution in [2.75, 3.05) is 33.2 Å². The van der Waals surface area contributed by atoms with Gasteiger partial charge in [0.15, 0.2) is 5.96 Å². The Kier molecular flexibility index (Phi) is 7.22. The molecule has 1 aliphatic carbocycles. The number of halogens is 1. The van der Waals surface area contributed by atoms with E-state index >= 15 is 0 Å². The summed E-state index contributed by atoms with van der Waals surface area (Å²) in [5.41, 5.74) is 1.51. The van der Waals surface area contributed by atoms with E-state index in [1.54, 1.807) is 7.05 Å². The second-order valence-corrected chi connectivity index (χ2v) is 8.56. The molecule has 28 heavy (non-hydrogen) atoms. The Labute approximate surface area is 173 Å². The number of carbonyl (C=O) groups excluding carboxylic acids is 1. The van der Waals surface area contributed by atoms with Gasteiger partial charge in [-0.15, -0.1) is 0 Å². The van der Waals surface area contributed by atoms with Crippen LogP contribution in [0.2, 0.25) is 5.02 Å². The van der Waals surface area contributed by atoms with E-state index in [-0.39, 0.29) is 11.3 Å². The van der Waals surface area contributed by atoms with E-state index < -0.39 is 0 Å². The van der Waals surface area contributed by atoms with Crippen LogP contribution in [0.3, 0.4) is 0 Å². The molecule has 1 saturated heterocycles. The molecule has 1 aromatic rings. The van der Waals surface area contributed by atoms with Crippen LogP contribution in [0.15, 0.2) is 29.3 Å². The Hall–Kier alpha value is -1.75. The van der Waals surface area contributed by atoms with E-state index in [4.69, 9.17) is 16.6 Å². The fourth-order valence-corrected chi connectivity index (χ4v) is 4.44. The molecule has 1 saturated carbocycles. The summed E-state index contributed by atoms with van der Waals surface area (Å²) >= 11 is 6.08. The van der Waals surface area contributed by atoms with Crippen LogP contribution in [-0.4, -0.2) is 50.0 Å². The van der Waals surface area contributed by atoms with Gasteiger partial charge in [0.1, 0.15) is 0 Å². The van der Waals surface area contributed by atoms with Crippen LogP contribution in [0.25, 0.3) is 0 Å². The summed E-state index contributed by atoms with van der Waals surface area (Å²) < 4.78 is 0. The molecule has 2 fully saturated rings. The van der Waals surface area contributed by atoms with Gasteiger partial charge >= 0.3 is 0 Å². The number of guanidine groups is 1. The maximum Gasteiger partial charge on any atom is 0.220 e. The van der Waals surface area contributed by atoms with E-state index in [0.717, 1.165) is 50.0 Å². The second-order valence-electron chi connectivity index (χ2n) is 8.12. The van der Waals surface area contributed by atoms with Gasteiger partial charge in [-0.2, -0.15) is 0 Å². The third-order valence-corrected chi connectivity index (χ3v) is 6.55. The predicted molar refractivity (Wildman–Crippen MR) is 116 cm³/mol. The first-order valence-corrected chi connectivity index (χ1v) is 10.9. The highest BCUT2D eigenvalue weighted by Gasteiger charge is 2.38. The molecule has 2 aliphatic rings. The zero-order chi connectivity index (χ0) is 20.0. The lowest BCUT2D eigenvalue weighted by atomic mass is 9.64. The zero-order valence-electron chi connectivity index (χ0n) is 17.1. The Balaban J connectivity index is 1.64. The molecule has 1 amide bonds. The molecular weight excluding hydrogens is 372 g/mol. The molecule has 0 unspecified atom stereocenters. The van der Waals surface area contributed by atoms with Gasteiger partial charge in [-0.3, -0.25) is 9.79 Å². The molecule has 0 atom stereocenters. The second kappa shape index (κ2) is 9.64. The average molecular weight is 405 g/mol. The molecule has 6 heteroatoms. The number of rotatable bonds is 6. The van der Waals surface area contributed by atoms with Crippen molar-refractivity contribution in [2.45, 2.75) is 50.9 Å². The van der Waals surface area contributed by atoms with Gasteiger partial charge in [0.2, 0.25) is 5.91 Å². The van der Waals surface area contributed by atoms with Crippen molar-refractivity contribution < 1.29 is 4.79 Å². The maximum atomic E-state index is 11.6. The number of benzene rings is 1. The van der Waals surface area contributed by atoms with E-state index in [2.05, 4.69) is 34.6 Å². The lowest BCUT2D eigenvalue weighted by molar-refractivity contribution is -0.121. The van der Waals surface area contributed by atoms with Crippen molar-refractivity contribution >= 4 is 23.5 Å². The average Bonchev–Trinajstić information content (AvgIpc) is 2.68. The quantitative estimate of drug-likeness (QED) is 0.562. The first-order chi connectivity index (χ1) is 13.6. The number of amides is 1. The van der Waals surface area contributed by atoms with Crippen molar-refractivity contribution in [2.24, 2.45) is 10.9 Å². The first-order valence-electron chi connectivity index (χ1n) is 10.6. The van der Waals surface area contributed by atoms with Crippen molar-refractivity contribution in [3.63, 3.8) is 0 Å². The SMILES string of the molecule is CCNC(=NCC1(c2ccc(Cl)cc2)CCC1)N1CCC(CC(=O)NC)CC1. The largest absolute Gasteiger partial charge is 0.359 e. The van der Waals surface area contributed by atoms with Gasteiger partial charge in [0.25, 0.3) is 0 Å². The number of hydrogen-bond donors (Lipinski definition) is 2. The molecule has 1 heterocycles. The monoisotopic (exact) mass is 404 g/mol. The zero-order valence-corrected chi connectivity index (χ0v) is 17.9. The lowest BCUT2D eigenvalue weighted by Crippen LogP contribution is -2.47. The Morgan fingerprint density at radius 1 is 1.25 bits per heavy atom. The number of nitrogens with one attached hydrogen (secondary N) is 2. The Morgan fingerprint density at radius 3 is 2.46 bits per heavy atom. The molecule has 3 rings (SSSR count). The molecule has 2 N–H and O–H groups in total. The first kappa shape index (κ1) is 21.0. The molecule has 0 spiro atoms. The van der Waals surface area contributed by atoms with E-state index in [9.17, 15) is 4.79 Å². The fourth-order valence-electron chi connectivity index (χ4n) is 4.31. The van der Waals surface area contributed by atoms with Gasteiger partial charge in [-0.25, -0.2) is 0 Å². The summed E-state index contributed by atoms with van der Waals surface area (Å²) in [6.45, 7) is 5.72. The van der Waals surface area contributed by atoms with Gasteiger partial charge in [0, 0.05) is 43.5 Å². The Morgan fingerprint density at radius 2 is 1.93 bits per heavy atom. The number of hydrogen-bond acceptors (Lipinski definition) is 2. The standard InChI is InChI=1S/C22H33ClN4O/c1-3-25-21(27-13-9-17(10-14-27)15-20(28)24-2)26-16-22(11-4-12-22)18-5-7-19(23)8-6-18/h5-8,17H,3-4,9-16H2,1-2H3,(H,24,28)(H,25,26). The minimum absolute atomic E-state index is 0.147. The minimum atomic E-state index is 0.147. The molecule has 0 radical (unpaired) electrons. The summed E-state index contributed by atoms with van der Waals surface area (Å²) in [5, 5.41) is 7.00. The minimum Gasteiger partial charge on any atom is -0.359 e. The van der Waals surface area contributed by atoms with Crippen molar-refractivity contribution in [3.8, 4) is 0 Å². The Bertz CT molecular complexity index is 676. The van der Waals surface area contributed by atoms with Gasteiger partial charge in [-0.05, 0) is 56.2 Å². The fraction of sp³-hybridized carbons (Fsp3) is 0.636. The number of nitrogens with zero attached hydrogens (tertiary/aromatic N) is 2. The van der Waals surface area contributed by atoms with E-state index in [1.807, 2.05) is 12.1 Å². The molecule has 1 aliphatic heterocycles. The maximum absolute atomic E-state index is 11.6. The van der Waals surface area contributed by atoms with E-state index in [1.165, 1.54) is 24.8 Å². The van der Waals surface area contributed by atoms with Gasteiger partial charge in [0.05, 0.1) is 6.54 Å². The smallest absolute Gasteiger partial charge is 0.220 e. The normalized spacial score (nSPS) is 19.8. The van der Waals surface area contributed by atoms with Crippen molar-refractivity contribution in [1.82, 2.24) is 15.5 Å². The van der Waals surface area contributed by atoms with Crippen LogP contribution in [0.1, 0.15) is 51.0 Å². The predicted octanol–water partition coefficient (Wildman–Crippen LogP) is 3.58. The summed E-state index contributed by atoms with van der Waals surface area (Å²) in [5.74, 6) is 1.64. The highest BCUT2D eigenvalue weighted by molar-refractivity contribution is 6.30. The van der Waals surface area contributed by atoms with Crippen molar-refractivity contribution in [3.05, 3.63) is 34.9 Å². The van der Waals surface area contributed by atoms with Crippen LogP contribution in [0.5, 0.6) is 0 Å². The van der Waals surface area contributed by atoms with Crippen LogP contribution >= 0.6 is 11.6 Å². The van der Waals surface area contributed by atoms with Crippen molar-refractivity contribution in [1.29, 1.82) is 0 Å². The topological polar surface area (TPSA) is 56.7 Å². The number of aliphatic imine (C=N–C) groups is 1. The van der Waals surface area contributed by atoms with Crippen LogP contribution in [-0.2, 0) is 10.2 Å². The number of piperidine rings is 1. The van der Waals surface area contributed by atoms with E-state index in [0.29, 0.717) is 12.3 Å². The lowest BCUT2D eigenvalue weighted by Gasteiger charge is -2.42. The van der Waals surface area contributed by atoms with Crippen LogP contribution in [0, 0.1) is 5.92 Å². The summed E-state index contributed by atoms with van der Waals surface area (Å²) in [7, 11) is 1.71. The number of carbonyl (C=O) groups is 1. The summed E-state index contributed by atoms with van der Waals surface area (Å²) in [6, 6.07) is 8.30. The molecular formula is C22H33ClN4O. The summed E-state index contributed by atoms with van der Waals surface area (Å²) in [4.78, 5) is 19.0. The third-order valence-electron chi connectivity index (χ3n) is 6.30. The highest BCUT2D eigenvalue weighted by atomic mass is 35.5. The molecule has 154 valence electrons. The third kappa shape index (κ3) is 4.99. The van der Waals surface area contributed by atoms with Gasteiger partial charge in [-0.1, -0.05) is 30.2 Å². The number of likely N-dealkylation sites (tertiary alicyclic amines) is 1. The molecule has 1 aromatic carbocycles. The molecule has 0 bridgehead atoms. The van der Waals surface area contributed by atoms with Gasteiger partial charge < -0.3 is 15.5 Å². The van der Waals surface area contributed by atoms with Crippen LogP contribution < -0.4 is 10.6 Å². The highest BCUT2D eigenvalue weighted by Crippen LogP contribution is 2.44. The summed E-state index contributed by atoms with van der Waals surface area (Å²) in [6.07, 6.45) is 6.36.